The standard InChI is InChI=1S/C22H24O4S/c1-3-5-14-27(25)16-12-10-15(11-13-16)17(4-2)20-21(23)18-8-6-7-9-19(18)26-22(20)24/h6-13,17,23H,3-5,14H2,1-2H3. The summed E-state index contributed by atoms with van der Waals surface area (Å²) in [6.07, 6.45) is 2.58. The quantitative estimate of drug-likeness (QED) is 0.585. The lowest BCUT2D eigenvalue weighted by Crippen LogP contribution is -2.14. The number of rotatable bonds is 7. The van der Waals surface area contributed by atoms with Crippen molar-refractivity contribution in [2.24, 2.45) is 0 Å². The second-order valence-corrected chi connectivity index (χ2v) is 8.15. The van der Waals surface area contributed by atoms with Gasteiger partial charge in [-0.15, -0.1) is 0 Å². The van der Waals surface area contributed by atoms with Crippen LogP contribution in [0.25, 0.3) is 11.0 Å². The third kappa shape index (κ3) is 3.98. The molecule has 2 unspecified atom stereocenters. The van der Waals surface area contributed by atoms with Crippen molar-refractivity contribution >= 4 is 21.8 Å². The summed E-state index contributed by atoms with van der Waals surface area (Å²) in [7, 11) is -1.01. The average molecular weight is 384 g/mol. The first kappa shape index (κ1) is 19.4. The maximum absolute atomic E-state index is 12.5. The molecule has 0 radical (unpaired) electrons. The molecule has 1 N–H and O–H groups in total. The second-order valence-electron chi connectivity index (χ2n) is 6.58. The molecule has 1 heterocycles. The van der Waals surface area contributed by atoms with Crippen molar-refractivity contribution in [3.63, 3.8) is 0 Å². The highest BCUT2D eigenvalue weighted by Crippen LogP contribution is 2.36. The number of hydrogen-bond donors (Lipinski definition) is 1. The zero-order valence-electron chi connectivity index (χ0n) is 15.6. The van der Waals surface area contributed by atoms with Gasteiger partial charge < -0.3 is 9.52 Å². The lowest BCUT2D eigenvalue weighted by Gasteiger charge is -2.17. The molecule has 0 saturated carbocycles. The Morgan fingerprint density at radius 2 is 1.78 bits per heavy atom. The van der Waals surface area contributed by atoms with E-state index in [4.69, 9.17) is 4.42 Å². The van der Waals surface area contributed by atoms with Gasteiger partial charge in [-0.2, -0.15) is 0 Å². The van der Waals surface area contributed by atoms with Crippen LogP contribution in [0.5, 0.6) is 5.75 Å². The van der Waals surface area contributed by atoms with E-state index in [0.717, 1.165) is 23.3 Å². The highest BCUT2D eigenvalue weighted by atomic mass is 32.2. The molecule has 0 saturated heterocycles. The number of hydrogen-bond acceptors (Lipinski definition) is 4. The van der Waals surface area contributed by atoms with Crippen LogP contribution in [0.4, 0.5) is 0 Å². The van der Waals surface area contributed by atoms with Gasteiger partial charge in [-0.1, -0.05) is 44.5 Å². The van der Waals surface area contributed by atoms with E-state index >= 15 is 0 Å². The summed E-state index contributed by atoms with van der Waals surface area (Å²) in [6.45, 7) is 4.04. The van der Waals surface area contributed by atoms with Crippen LogP contribution >= 0.6 is 0 Å². The maximum atomic E-state index is 12.5. The first-order valence-electron chi connectivity index (χ1n) is 9.29. The summed E-state index contributed by atoms with van der Waals surface area (Å²) >= 11 is 0. The Hall–Kier alpha value is -2.40. The van der Waals surface area contributed by atoms with E-state index in [1.807, 2.05) is 31.2 Å². The molecule has 0 aliphatic rings. The van der Waals surface area contributed by atoms with E-state index in [0.29, 0.717) is 23.1 Å². The molecule has 4 nitrogen and oxygen atoms in total. The third-order valence-electron chi connectivity index (χ3n) is 4.81. The van der Waals surface area contributed by atoms with Crippen molar-refractivity contribution in [2.45, 2.75) is 43.9 Å². The summed E-state index contributed by atoms with van der Waals surface area (Å²) in [6, 6.07) is 14.5. The smallest absolute Gasteiger partial charge is 0.343 e. The number of aromatic hydroxyl groups is 1. The molecule has 0 aliphatic heterocycles. The lowest BCUT2D eigenvalue weighted by atomic mass is 9.89. The minimum absolute atomic E-state index is 0.0238. The molecular weight excluding hydrogens is 360 g/mol. The van der Waals surface area contributed by atoms with Gasteiger partial charge in [-0.3, -0.25) is 4.21 Å². The molecule has 0 aliphatic carbocycles. The van der Waals surface area contributed by atoms with Gasteiger partial charge in [0.2, 0.25) is 0 Å². The summed E-state index contributed by atoms with van der Waals surface area (Å²) in [5, 5.41) is 11.3. The van der Waals surface area contributed by atoms with Crippen LogP contribution in [0.15, 0.2) is 62.6 Å². The van der Waals surface area contributed by atoms with Crippen LogP contribution < -0.4 is 5.63 Å². The Bertz CT molecular complexity index is 1000. The predicted molar refractivity (Wildman–Crippen MR) is 109 cm³/mol. The SMILES string of the molecule is CCCCS(=O)c1ccc(C(CC)c2c(O)c3ccccc3oc2=O)cc1. The molecule has 0 spiro atoms. The fourth-order valence-electron chi connectivity index (χ4n) is 3.31. The van der Waals surface area contributed by atoms with Crippen LogP contribution in [0.3, 0.4) is 0 Å². The molecule has 1 aromatic heterocycles. The molecule has 0 bridgehead atoms. The van der Waals surface area contributed by atoms with E-state index < -0.39 is 16.4 Å². The Balaban J connectivity index is 1.99. The zero-order valence-corrected chi connectivity index (χ0v) is 16.4. The minimum Gasteiger partial charge on any atom is -0.507 e. The summed E-state index contributed by atoms with van der Waals surface area (Å²) in [5.74, 6) is 0.343. The fraction of sp³-hybridized carbons (Fsp3) is 0.318. The number of unbranched alkanes of at least 4 members (excludes halogenated alkanes) is 1. The maximum Gasteiger partial charge on any atom is 0.343 e. The lowest BCUT2D eigenvalue weighted by molar-refractivity contribution is 0.450. The van der Waals surface area contributed by atoms with Crippen LogP contribution in [0.2, 0.25) is 0 Å². The van der Waals surface area contributed by atoms with E-state index in [1.165, 1.54) is 0 Å². The van der Waals surface area contributed by atoms with Crippen molar-refractivity contribution in [1.82, 2.24) is 0 Å². The van der Waals surface area contributed by atoms with Gasteiger partial charge in [-0.05, 0) is 42.7 Å². The molecule has 5 heteroatoms. The Morgan fingerprint density at radius 1 is 1.07 bits per heavy atom. The topological polar surface area (TPSA) is 67.5 Å². The summed E-state index contributed by atoms with van der Waals surface area (Å²) in [5.41, 5.74) is 1.02. The first-order valence-corrected chi connectivity index (χ1v) is 10.6. The first-order chi connectivity index (χ1) is 13.1. The molecule has 0 fully saturated rings. The van der Waals surface area contributed by atoms with Gasteiger partial charge in [0.25, 0.3) is 0 Å². The van der Waals surface area contributed by atoms with Crippen LogP contribution in [0, 0.1) is 0 Å². The molecule has 27 heavy (non-hydrogen) atoms. The van der Waals surface area contributed by atoms with E-state index in [9.17, 15) is 14.1 Å². The molecule has 142 valence electrons. The van der Waals surface area contributed by atoms with Gasteiger partial charge in [0.1, 0.15) is 11.3 Å². The van der Waals surface area contributed by atoms with Crippen LogP contribution in [0.1, 0.15) is 50.2 Å². The van der Waals surface area contributed by atoms with Gasteiger partial charge in [0, 0.05) is 16.6 Å². The van der Waals surface area contributed by atoms with Crippen molar-refractivity contribution in [3.05, 3.63) is 70.1 Å². The highest BCUT2D eigenvalue weighted by Gasteiger charge is 2.23. The number of fused-ring (bicyclic) bond motifs is 1. The van der Waals surface area contributed by atoms with Crippen LogP contribution in [-0.2, 0) is 10.8 Å². The monoisotopic (exact) mass is 384 g/mol. The predicted octanol–water partition coefficient (Wildman–Crippen LogP) is 4.95. The second kappa shape index (κ2) is 8.53. The average Bonchev–Trinajstić information content (AvgIpc) is 2.69. The molecule has 3 rings (SSSR count). The van der Waals surface area contributed by atoms with Crippen molar-refractivity contribution in [2.75, 3.05) is 5.75 Å². The highest BCUT2D eigenvalue weighted by molar-refractivity contribution is 7.85. The minimum atomic E-state index is -1.01. The fourth-order valence-corrected chi connectivity index (χ4v) is 4.53. The van der Waals surface area contributed by atoms with E-state index in [-0.39, 0.29) is 17.2 Å². The normalized spacial score (nSPS) is 13.6. The Kier molecular flexibility index (Phi) is 6.11. The Morgan fingerprint density at radius 3 is 2.44 bits per heavy atom. The van der Waals surface area contributed by atoms with Crippen molar-refractivity contribution < 1.29 is 13.7 Å². The molecule has 2 atom stereocenters. The van der Waals surface area contributed by atoms with Crippen molar-refractivity contribution in [1.29, 1.82) is 0 Å². The number of benzene rings is 2. The zero-order chi connectivity index (χ0) is 19.4. The third-order valence-corrected chi connectivity index (χ3v) is 6.26. The molecule has 3 aromatic rings. The Labute approximate surface area is 161 Å². The van der Waals surface area contributed by atoms with Gasteiger partial charge in [-0.25, -0.2) is 4.79 Å². The molecule has 2 aromatic carbocycles. The van der Waals surface area contributed by atoms with Gasteiger partial charge in [0.15, 0.2) is 0 Å². The molecular formula is C22H24O4S. The summed E-state index contributed by atoms with van der Waals surface area (Å²) < 4.78 is 17.7. The molecule has 0 amide bonds. The van der Waals surface area contributed by atoms with Gasteiger partial charge in [0.05, 0.1) is 21.7 Å². The van der Waals surface area contributed by atoms with Crippen molar-refractivity contribution in [3.8, 4) is 5.75 Å². The van der Waals surface area contributed by atoms with Gasteiger partial charge >= 0.3 is 5.63 Å². The van der Waals surface area contributed by atoms with E-state index in [1.54, 1.807) is 24.3 Å². The van der Waals surface area contributed by atoms with E-state index in [2.05, 4.69) is 6.92 Å². The summed E-state index contributed by atoms with van der Waals surface area (Å²) in [4.78, 5) is 13.3. The number of para-hydroxylation sites is 1. The van der Waals surface area contributed by atoms with Crippen LogP contribution in [-0.4, -0.2) is 15.1 Å². The largest absolute Gasteiger partial charge is 0.507 e.